The molecule has 0 radical (unpaired) electrons. The van der Waals surface area contributed by atoms with Gasteiger partial charge in [0.15, 0.2) is 0 Å². The van der Waals surface area contributed by atoms with Gasteiger partial charge in [-0.3, -0.25) is 9.69 Å². The predicted octanol–water partition coefficient (Wildman–Crippen LogP) is 4.83. The van der Waals surface area contributed by atoms with E-state index in [0.29, 0.717) is 25.3 Å². The highest BCUT2D eigenvalue weighted by Crippen LogP contribution is 2.32. The fourth-order valence-electron chi connectivity index (χ4n) is 3.57. The second kappa shape index (κ2) is 10.7. The van der Waals surface area contributed by atoms with Gasteiger partial charge in [-0.05, 0) is 68.0 Å². The number of fused-ring (bicyclic) bond motifs is 1. The maximum atomic E-state index is 14.3. The summed E-state index contributed by atoms with van der Waals surface area (Å²) in [6, 6.07) is 9.54. The number of carbonyl (C=O) groups is 2. The molecule has 184 valence electrons. The Balaban J connectivity index is 1.87. The first-order chi connectivity index (χ1) is 15.9. The Kier molecular flexibility index (Phi) is 8.20. The second-order valence-electron chi connectivity index (χ2n) is 9.50. The number of benzene rings is 2. The number of anilines is 1. The smallest absolute Gasteiger partial charge is 0.411 e. The third-order valence-electron chi connectivity index (χ3n) is 5.26. The van der Waals surface area contributed by atoms with E-state index in [9.17, 15) is 14.0 Å². The number of likely N-dealkylation sites (N-methyl/N-ethyl adjacent to an activating group) is 1. The third kappa shape index (κ3) is 6.70. The third-order valence-corrected chi connectivity index (χ3v) is 5.86. The van der Waals surface area contributed by atoms with Crippen molar-refractivity contribution in [2.45, 2.75) is 45.4 Å². The van der Waals surface area contributed by atoms with Crippen LogP contribution in [0.25, 0.3) is 0 Å². The molecule has 0 aromatic heterocycles. The van der Waals surface area contributed by atoms with Crippen molar-refractivity contribution >= 4 is 33.6 Å². The summed E-state index contributed by atoms with van der Waals surface area (Å²) >= 11 is 3.17. The van der Waals surface area contributed by atoms with Crippen LogP contribution in [0, 0.1) is 5.82 Å². The number of hydrogen-bond acceptors (Lipinski definition) is 5. The number of nitrogens with zero attached hydrogens (tertiary/aromatic N) is 2. The van der Waals surface area contributed by atoms with E-state index < -0.39 is 29.5 Å². The number of nitrogens with one attached hydrogen (secondary N) is 1. The zero-order valence-corrected chi connectivity index (χ0v) is 21.7. The molecule has 0 fully saturated rings. The van der Waals surface area contributed by atoms with E-state index in [-0.39, 0.29) is 16.7 Å². The van der Waals surface area contributed by atoms with E-state index in [1.807, 2.05) is 43.3 Å². The molecule has 1 heterocycles. The van der Waals surface area contributed by atoms with Crippen LogP contribution in [-0.4, -0.2) is 60.7 Å². The van der Waals surface area contributed by atoms with Crippen molar-refractivity contribution < 1.29 is 23.5 Å². The van der Waals surface area contributed by atoms with Crippen LogP contribution in [0.3, 0.4) is 0 Å². The lowest BCUT2D eigenvalue weighted by atomic mass is 9.93. The highest BCUT2D eigenvalue weighted by Gasteiger charge is 2.37. The summed E-state index contributed by atoms with van der Waals surface area (Å²) in [5.74, 6) is -0.642. The maximum absolute atomic E-state index is 14.3. The average Bonchev–Trinajstić information content (AvgIpc) is 2.74. The Hall–Kier alpha value is -2.65. The van der Waals surface area contributed by atoms with Crippen LogP contribution in [-0.2, 0) is 22.5 Å². The summed E-state index contributed by atoms with van der Waals surface area (Å²) in [4.78, 5) is 29.8. The molecule has 0 unspecified atom stereocenters. The van der Waals surface area contributed by atoms with Crippen molar-refractivity contribution in [1.82, 2.24) is 9.80 Å². The van der Waals surface area contributed by atoms with Gasteiger partial charge in [0.1, 0.15) is 29.8 Å². The van der Waals surface area contributed by atoms with Gasteiger partial charge < -0.3 is 19.7 Å². The molecule has 34 heavy (non-hydrogen) atoms. The van der Waals surface area contributed by atoms with Gasteiger partial charge in [0.25, 0.3) is 0 Å². The van der Waals surface area contributed by atoms with Crippen LogP contribution in [0.5, 0.6) is 5.75 Å². The zero-order chi connectivity index (χ0) is 25.0. The van der Waals surface area contributed by atoms with E-state index in [2.05, 4.69) is 21.2 Å². The molecule has 2 amide bonds. The highest BCUT2D eigenvalue weighted by molar-refractivity contribution is 9.10. The maximum Gasteiger partial charge on any atom is 0.411 e. The lowest BCUT2D eigenvalue weighted by Gasteiger charge is -2.37. The Morgan fingerprint density at radius 1 is 1.21 bits per heavy atom. The molecule has 1 N–H and O–H groups in total. The first-order valence-corrected chi connectivity index (χ1v) is 11.9. The molecule has 2 aromatic carbocycles. The van der Waals surface area contributed by atoms with Gasteiger partial charge in [-0.1, -0.05) is 24.3 Å². The second-order valence-corrected chi connectivity index (χ2v) is 10.4. The van der Waals surface area contributed by atoms with Crippen LogP contribution >= 0.6 is 15.9 Å². The molecule has 2 aromatic rings. The molecular weight excluding hydrogens is 505 g/mol. The normalized spacial score (nSPS) is 15.6. The minimum atomic E-state index is -0.828. The van der Waals surface area contributed by atoms with E-state index in [0.717, 1.165) is 11.1 Å². The molecule has 3 rings (SSSR count). The minimum absolute atomic E-state index is 0.201. The molecule has 0 aliphatic carbocycles. The van der Waals surface area contributed by atoms with Crippen molar-refractivity contribution in [3.05, 3.63) is 57.8 Å². The molecule has 9 heteroatoms. The summed E-state index contributed by atoms with van der Waals surface area (Å²) in [5, 5.41) is 2.78. The number of rotatable bonds is 6. The molecule has 0 saturated carbocycles. The summed E-state index contributed by atoms with van der Waals surface area (Å²) in [6.07, 6.45) is -0.261. The van der Waals surface area contributed by atoms with Crippen LogP contribution in [0.15, 0.2) is 40.9 Å². The van der Waals surface area contributed by atoms with Crippen LogP contribution in [0.2, 0.25) is 0 Å². The Morgan fingerprint density at radius 3 is 2.53 bits per heavy atom. The van der Waals surface area contributed by atoms with Gasteiger partial charge in [0.2, 0.25) is 5.91 Å². The molecule has 1 atom stereocenters. The average molecular weight is 536 g/mol. The molecule has 0 saturated heterocycles. The molecule has 1 aliphatic heterocycles. The van der Waals surface area contributed by atoms with Crippen molar-refractivity contribution in [3.63, 3.8) is 0 Å². The zero-order valence-electron chi connectivity index (χ0n) is 20.2. The topological polar surface area (TPSA) is 71.1 Å². The monoisotopic (exact) mass is 535 g/mol. The number of amides is 2. The standard InChI is InChI=1S/C25H31BrFN3O4/c1-25(2,3)34-24(32)30-15-17-9-7-6-8-16(17)12-21(30)23(31)28-20-14-19(27)18(26)13-22(20)33-11-10-29(4)5/h6-9,13-14,21H,10-12,15H2,1-5H3,(H,28,31)/t21-/m1/s1. The molecule has 7 nitrogen and oxygen atoms in total. The Morgan fingerprint density at radius 2 is 1.88 bits per heavy atom. The van der Waals surface area contributed by atoms with Gasteiger partial charge in [0, 0.05) is 19.0 Å². The summed E-state index contributed by atoms with van der Waals surface area (Å²) in [7, 11) is 3.83. The quantitative estimate of drug-likeness (QED) is 0.573. The van der Waals surface area contributed by atoms with Gasteiger partial charge in [0.05, 0.1) is 16.7 Å². The van der Waals surface area contributed by atoms with Crippen molar-refractivity contribution in [2.24, 2.45) is 0 Å². The lowest BCUT2D eigenvalue weighted by Crippen LogP contribution is -2.52. The summed E-state index contributed by atoms with van der Waals surface area (Å²) < 4.78 is 26.0. The number of hydrogen-bond donors (Lipinski definition) is 1. The predicted molar refractivity (Wildman–Crippen MR) is 132 cm³/mol. The molecular formula is C25H31BrFN3O4. The molecule has 0 spiro atoms. The lowest BCUT2D eigenvalue weighted by molar-refractivity contribution is -0.121. The van der Waals surface area contributed by atoms with E-state index in [4.69, 9.17) is 9.47 Å². The van der Waals surface area contributed by atoms with E-state index in [1.165, 1.54) is 17.0 Å². The van der Waals surface area contributed by atoms with Gasteiger partial charge in [-0.15, -0.1) is 0 Å². The van der Waals surface area contributed by atoms with Gasteiger partial charge in [-0.2, -0.15) is 0 Å². The largest absolute Gasteiger partial charge is 0.490 e. The van der Waals surface area contributed by atoms with Crippen molar-refractivity contribution in [2.75, 3.05) is 32.6 Å². The first kappa shape index (κ1) is 26.0. The fourth-order valence-corrected chi connectivity index (χ4v) is 3.89. The van der Waals surface area contributed by atoms with Crippen LogP contribution in [0.1, 0.15) is 31.9 Å². The van der Waals surface area contributed by atoms with Crippen molar-refractivity contribution in [1.29, 1.82) is 0 Å². The number of ether oxygens (including phenoxy) is 2. The Bertz CT molecular complexity index is 1050. The molecule has 1 aliphatic rings. The fraction of sp³-hybridized carbons (Fsp3) is 0.440. The van der Waals surface area contributed by atoms with E-state index in [1.54, 1.807) is 20.8 Å². The van der Waals surface area contributed by atoms with Gasteiger partial charge in [-0.25, -0.2) is 9.18 Å². The van der Waals surface area contributed by atoms with E-state index >= 15 is 0 Å². The Labute approximate surface area is 208 Å². The van der Waals surface area contributed by atoms with Crippen LogP contribution < -0.4 is 10.1 Å². The minimum Gasteiger partial charge on any atom is -0.490 e. The number of halogens is 2. The van der Waals surface area contributed by atoms with Crippen LogP contribution in [0.4, 0.5) is 14.9 Å². The van der Waals surface area contributed by atoms with Gasteiger partial charge >= 0.3 is 6.09 Å². The first-order valence-electron chi connectivity index (χ1n) is 11.1. The van der Waals surface area contributed by atoms with Crippen molar-refractivity contribution in [3.8, 4) is 5.75 Å². The molecule has 0 bridgehead atoms. The summed E-state index contributed by atoms with van der Waals surface area (Å²) in [5.41, 5.74) is 1.43. The summed E-state index contributed by atoms with van der Waals surface area (Å²) in [6.45, 7) is 6.58. The number of carbonyl (C=O) groups excluding carboxylic acids is 2. The highest BCUT2D eigenvalue weighted by atomic mass is 79.9. The SMILES string of the molecule is CN(C)CCOc1cc(Br)c(F)cc1NC(=O)[C@H]1Cc2ccccc2CN1C(=O)OC(C)(C)C.